The molecular weight excluding hydrogens is 282 g/mol. The van der Waals surface area contributed by atoms with Crippen LogP contribution in [0.1, 0.15) is 6.92 Å². The van der Waals surface area contributed by atoms with E-state index in [0.29, 0.717) is 6.54 Å². The molecule has 2 unspecified atom stereocenters. The molecule has 1 heterocycles. The number of hydrogen-bond acceptors (Lipinski definition) is 3. The number of halogens is 2. The van der Waals surface area contributed by atoms with E-state index in [1.807, 2.05) is 6.92 Å². The van der Waals surface area contributed by atoms with Crippen LogP contribution in [0.5, 0.6) is 0 Å². The fraction of sp³-hybridized carbons (Fsp3) is 0.429. The Balaban J connectivity index is 1.94. The molecule has 7 heteroatoms. The quantitative estimate of drug-likeness (QED) is 0.885. The molecule has 1 fully saturated rings. The summed E-state index contributed by atoms with van der Waals surface area (Å²) in [7, 11) is 0. The van der Waals surface area contributed by atoms with Crippen molar-refractivity contribution in [3.05, 3.63) is 29.8 Å². The lowest BCUT2D eigenvalue weighted by Crippen LogP contribution is -2.32. The van der Waals surface area contributed by atoms with Crippen molar-refractivity contribution < 1.29 is 23.5 Å². The lowest BCUT2D eigenvalue weighted by molar-refractivity contribution is -0.142. The molecule has 0 radical (unpaired) electrons. The maximum Gasteiger partial charge on any atom is 0.308 e. The third kappa shape index (κ3) is 3.75. The number of amides is 1. The van der Waals surface area contributed by atoms with E-state index >= 15 is 0 Å². The number of carboxylic acid groups (broad SMARTS) is 1. The minimum atomic E-state index is -0.887. The highest BCUT2D eigenvalue weighted by molar-refractivity contribution is 5.92. The molecule has 1 aliphatic rings. The summed E-state index contributed by atoms with van der Waals surface area (Å²) < 4.78 is 26.4. The molecule has 0 aromatic heterocycles. The van der Waals surface area contributed by atoms with Crippen LogP contribution in [0, 0.1) is 23.5 Å². The lowest BCUT2D eigenvalue weighted by atomic mass is 9.99. The van der Waals surface area contributed by atoms with Gasteiger partial charge in [0.25, 0.3) is 0 Å². The van der Waals surface area contributed by atoms with Gasteiger partial charge in [-0.1, -0.05) is 6.92 Å². The van der Waals surface area contributed by atoms with E-state index in [1.165, 1.54) is 0 Å². The highest BCUT2D eigenvalue weighted by Gasteiger charge is 2.35. The molecule has 0 aliphatic carbocycles. The van der Waals surface area contributed by atoms with E-state index in [9.17, 15) is 18.4 Å². The average molecular weight is 298 g/mol. The van der Waals surface area contributed by atoms with Crippen molar-refractivity contribution in [3.63, 3.8) is 0 Å². The Bertz CT molecular complexity index is 565. The van der Waals surface area contributed by atoms with Gasteiger partial charge < -0.3 is 10.4 Å². The highest BCUT2D eigenvalue weighted by Crippen LogP contribution is 2.23. The lowest BCUT2D eigenvalue weighted by Gasteiger charge is -2.15. The molecule has 5 nitrogen and oxygen atoms in total. The van der Waals surface area contributed by atoms with Gasteiger partial charge in [0.2, 0.25) is 5.91 Å². The molecule has 2 atom stereocenters. The molecule has 21 heavy (non-hydrogen) atoms. The van der Waals surface area contributed by atoms with E-state index in [4.69, 9.17) is 5.11 Å². The zero-order valence-corrected chi connectivity index (χ0v) is 11.5. The van der Waals surface area contributed by atoms with Gasteiger partial charge in [-0.05, 0) is 18.1 Å². The highest BCUT2D eigenvalue weighted by atomic mass is 19.1. The first-order valence-corrected chi connectivity index (χ1v) is 6.57. The maximum atomic E-state index is 13.4. The number of rotatable bonds is 4. The molecule has 2 rings (SSSR count). The van der Waals surface area contributed by atoms with Crippen LogP contribution in [-0.2, 0) is 9.59 Å². The van der Waals surface area contributed by atoms with Crippen molar-refractivity contribution in [1.82, 2.24) is 4.90 Å². The minimum absolute atomic E-state index is 0.0515. The predicted octanol–water partition coefficient (Wildman–Crippen LogP) is 1.56. The van der Waals surface area contributed by atoms with E-state index in [0.717, 1.165) is 18.2 Å². The number of nitrogens with zero attached hydrogens (tertiary/aromatic N) is 1. The number of anilines is 1. The monoisotopic (exact) mass is 298 g/mol. The number of likely N-dealkylation sites (tertiary alicyclic amines) is 1. The Labute approximate surface area is 120 Å². The molecule has 0 saturated carbocycles. The fourth-order valence-corrected chi connectivity index (χ4v) is 2.50. The summed E-state index contributed by atoms with van der Waals surface area (Å²) in [5.41, 5.74) is -0.220. The van der Waals surface area contributed by atoms with Crippen molar-refractivity contribution in [3.8, 4) is 0 Å². The first-order chi connectivity index (χ1) is 9.86. The van der Waals surface area contributed by atoms with Gasteiger partial charge in [0.15, 0.2) is 0 Å². The van der Waals surface area contributed by atoms with Gasteiger partial charge in [0.05, 0.1) is 18.2 Å². The van der Waals surface area contributed by atoms with Gasteiger partial charge in [-0.3, -0.25) is 14.5 Å². The van der Waals surface area contributed by atoms with Crippen LogP contribution < -0.4 is 5.32 Å². The van der Waals surface area contributed by atoms with Crippen LogP contribution in [0.25, 0.3) is 0 Å². The van der Waals surface area contributed by atoms with Crippen LogP contribution in [0.4, 0.5) is 14.5 Å². The number of carbonyl (C=O) groups excluding carboxylic acids is 1. The van der Waals surface area contributed by atoms with E-state index in [2.05, 4.69) is 5.32 Å². The first-order valence-electron chi connectivity index (χ1n) is 6.57. The molecule has 1 aliphatic heterocycles. The number of aliphatic carboxylic acids is 1. The summed E-state index contributed by atoms with van der Waals surface area (Å²) in [4.78, 5) is 24.5. The largest absolute Gasteiger partial charge is 0.481 e. The zero-order chi connectivity index (χ0) is 15.6. The van der Waals surface area contributed by atoms with Gasteiger partial charge in [-0.2, -0.15) is 0 Å². The van der Waals surface area contributed by atoms with E-state index in [1.54, 1.807) is 4.90 Å². The second kappa shape index (κ2) is 6.17. The van der Waals surface area contributed by atoms with Gasteiger partial charge in [0.1, 0.15) is 11.6 Å². The van der Waals surface area contributed by atoms with Crippen molar-refractivity contribution >= 4 is 17.6 Å². The maximum absolute atomic E-state index is 13.4. The van der Waals surface area contributed by atoms with Crippen molar-refractivity contribution in [2.75, 3.05) is 25.0 Å². The number of nitrogens with one attached hydrogen (secondary N) is 1. The van der Waals surface area contributed by atoms with Crippen molar-refractivity contribution in [1.29, 1.82) is 0 Å². The third-order valence-corrected chi connectivity index (χ3v) is 3.57. The molecular formula is C14H16F2N2O3. The third-order valence-electron chi connectivity index (χ3n) is 3.57. The second-order valence-electron chi connectivity index (χ2n) is 5.29. The number of hydrogen-bond donors (Lipinski definition) is 2. The molecule has 1 saturated heterocycles. The fourth-order valence-electron chi connectivity index (χ4n) is 2.50. The molecule has 2 N–H and O–H groups in total. The standard InChI is InChI=1S/C14H16F2N2O3/c1-8-5-18(6-10(8)14(20)21)7-13(19)17-12-4-9(15)2-3-11(12)16/h2-4,8,10H,5-7H2,1H3,(H,17,19)(H,20,21). The summed E-state index contributed by atoms with van der Waals surface area (Å²) in [6.07, 6.45) is 0. The van der Waals surface area contributed by atoms with Crippen LogP contribution >= 0.6 is 0 Å². The Morgan fingerprint density at radius 1 is 1.38 bits per heavy atom. The SMILES string of the molecule is CC1CN(CC(=O)Nc2cc(F)ccc2F)CC1C(=O)O. The zero-order valence-electron chi connectivity index (χ0n) is 11.5. The summed E-state index contributed by atoms with van der Waals surface area (Å²) in [6.45, 7) is 2.51. The first kappa shape index (κ1) is 15.4. The van der Waals surface area contributed by atoms with Crippen LogP contribution in [0.15, 0.2) is 18.2 Å². The average Bonchev–Trinajstić information content (AvgIpc) is 2.74. The number of carboxylic acids is 1. The molecule has 0 bridgehead atoms. The number of benzene rings is 1. The van der Waals surface area contributed by atoms with Gasteiger partial charge >= 0.3 is 5.97 Å². The summed E-state index contributed by atoms with van der Waals surface area (Å²) in [5, 5.41) is 11.3. The molecule has 1 amide bonds. The van der Waals surface area contributed by atoms with Gasteiger partial charge in [-0.15, -0.1) is 0 Å². The minimum Gasteiger partial charge on any atom is -0.481 e. The summed E-state index contributed by atoms with van der Waals surface area (Å²) >= 11 is 0. The number of carbonyl (C=O) groups is 2. The normalized spacial score (nSPS) is 22.2. The van der Waals surface area contributed by atoms with Crippen LogP contribution in [0.2, 0.25) is 0 Å². The molecule has 1 aromatic rings. The van der Waals surface area contributed by atoms with Crippen LogP contribution in [0.3, 0.4) is 0 Å². The van der Waals surface area contributed by atoms with E-state index < -0.39 is 29.4 Å². The summed E-state index contributed by atoms with van der Waals surface area (Å²) in [5.74, 6) is -3.32. The van der Waals surface area contributed by atoms with E-state index in [-0.39, 0.29) is 24.7 Å². The Morgan fingerprint density at radius 2 is 2.10 bits per heavy atom. The Morgan fingerprint density at radius 3 is 2.71 bits per heavy atom. The van der Waals surface area contributed by atoms with Crippen molar-refractivity contribution in [2.24, 2.45) is 11.8 Å². The van der Waals surface area contributed by atoms with Gasteiger partial charge in [0, 0.05) is 19.2 Å². The second-order valence-corrected chi connectivity index (χ2v) is 5.29. The summed E-state index contributed by atoms with van der Waals surface area (Å²) in [6, 6.07) is 2.80. The van der Waals surface area contributed by atoms with Crippen molar-refractivity contribution in [2.45, 2.75) is 6.92 Å². The molecule has 114 valence electrons. The van der Waals surface area contributed by atoms with Gasteiger partial charge in [-0.25, -0.2) is 8.78 Å². The Hall–Kier alpha value is -2.02. The topological polar surface area (TPSA) is 69.6 Å². The molecule has 0 spiro atoms. The Kier molecular flexibility index (Phi) is 4.52. The predicted molar refractivity (Wildman–Crippen MR) is 71.7 cm³/mol. The molecule has 1 aromatic carbocycles. The smallest absolute Gasteiger partial charge is 0.308 e. The van der Waals surface area contributed by atoms with Crippen LogP contribution in [-0.4, -0.2) is 41.5 Å².